The molecule has 4 heteroatoms. The predicted octanol–water partition coefficient (Wildman–Crippen LogP) is 13.3. The second kappa shape index (κ2) is 13.1. The highest BCUT2D eigenvalue weighted by Gasteiger charge is 2.24. The van der Waals surface area contributed by atoms with Gasteiger partial charge in [0.25, 0.3) is 0 Å². The second-order valence-electron chi connectivity index (χ2n) is 14.2. The van der Waals surface area contributed by atoms with Crippen molar-refractivity contribution in [1.29, 1.82) is 0 Å². The summed E-state index contributed by atoms with van der Waals surface area (Å²) >= 11 is 0. The van der Waals surface area contributed by atoms with E-state index in [-0.39, 0.29) is 0 Å². The lowest BCUT2D eigenvalue weighted by atomic mass is 9.98. The van der Waals surface area contributed by atoms with Crippen LogP contribution in [0.15, 0.2) is 206 Å². The van der Waals surface area contributed by atoms with Crippen molar-refractivity contribution in [2.75, 3.05) is 0 Å². The Morgan fingerprint density at radius 3 is 1.39 bits per heavy atom. The molecule has 11 aromatic rings. The smallest absolute Gasteiger partial charge is 0.160 e. The summed E-state index contributed by atoms with van der Waals surface area (Å²) in [5.74, 6) is 0.694. The molecular formula is C52H34N4. The van der Waals surface area contributed by atoms with Crippen LogP contribution >= 0.6 is 0 Å². The number of benzene rings is 8. The van der Waals surface area contributed by atoms with Gasteiger partial charge < -0.3 is 9.13 Å². The van der Waals surface area contributed by atoms with Gasteiger partial charge in [-0.1, -0.05) is 146 Å². The van der Waals surface area contributed by atoms with Gasteiger partial charge in [-0.15, -0.1) is 0 Å². The zero-order chi connectivity index (χ0) is 37.0. The van der Waals surface area contributed by atoms with Gasteiger partial charge in [-0.05, 0) is 66.2 Å². The lowest BCUT2D eigenvalue weighted by Gasteiger charge is -2.14. The largest absolute Gasteiger partial charge is 0.309 e. The number of rotatable bonds is 6. The van der Waals surface area contributed by atoms with Crippen molar-refractivity contribution < 1.29 is 0 Å². The van der Waals surface area contributed by atoms with Crippen molar-refractivity contribution in [3.05, 3.63) is 206 Å². The van der Waals surface area contributed by atoms with Crippen molar-refractivity contribution in [2.24, 2.45) is 0 Å². The van der Waals surface area contributed by atoms with E-state index < -0.39 is 0 Å². The highest BCUT2D eigenvalue weighted by molar-refractivity contribution is 6.29. The molecule has 0 N–H and O–H groups in total. The van der Waals surface area contributed by atoms with E-state index in [1.54, 1.807) is 0 Å². The highest BCUT2D eigenvalue weighted by atomic mass is 15.0. The summed E-state index contributed by atoms with van der Waals surface area (Å²) in [6, 6.07) is 73.1. The maximum atomic E-state index is 5.12. The van der Waals surface area contributed by atoms with Crippen LogP contribution in [0.25, 0.3) is 100 Å². The topological polar surface area (TPSA) is 35.6 Å². The van der Waals surface area contributed by atoms with Crippen molar-refractivity contribution in [2.45, 2.75) is 0 Å². The average molecular weight is 715 g/mol. The summed E-state index contributed by atoms with van der Waals surface area (Å²) < 4.78 is 4.89. The van der Waals surface area contributed by atoms with E-state index in [1.165, 1.54) is 49.2 Å². The van der Waals surface area contributed by atoms with E-state index in [0.29, 0.717) is 5.82 Å². The van der Waals surface area contributed by atoms with Crippen LogP contribution in [-0.4, -0.2) is 19.1 Å². The molecule has 0 atom stereocenters. The fourth-order valence-electron chi connectivity index (χ4n) is 8.41. The van der Waals surface area contributed by atoms with E-state index in [0.717, 1.165) is 45.0 Å². The lowest BCUT2D eigenvalue weighted by Crippen LogP contribution is -1.98. The molecule has 0 spiro atoms. The Morgan fingerprint density at radius 2 is 0.786 bits per heavy atom. The first kappa shape index (κ1) is 31.9. The first-order valence-corrected chi connectivity index (χ1v) is 19.0. The van der Waals surface area contributed by atoms with E-state index in [1.807, 2.05) is 12.1 Å². The Bertz CT molecular complexity index is 3140. The first-order chi connectivity index (χ1) is 27.8. The third-order valence-corrected chi connectivity index (χ3v) is 10.9. The maximum Gasteiger partial charge on any atom is 0.160 e. The molecular weight excluding hydrogens is 681 g/mol. The molecule has 0 fully saturated rings. The Balaban J connectivity index is 1.18. The number of para-hydroxylation sites is 3. The van der Waals surface area contributed by atoms with Gasteiger partial charge in [0.05, 0.1) is 33.5 Å². The monoisotopic (exact) mass is 714 g/mol. The minimum Gasteiger partial charge on any atom is -0.309 e. The summed E-state index contributed by atoms with van der Waals surface area (Å²) in [6.07, 6.45) is 0. The van der Waals surface area contributed by atoms with Gasteiger partial charge in [0.1, 0.15) is 0 Å². The van der Waals surface area contributed by atoms with Gasteiger partial charge in [-0.25, -0.2) is 9.97 Å². The zero-order valence-corrected chi connectivity index (χ0v) is 30.4. The second-order valence-corrected chi connectivity index (χ2v) is 14.2. The average Bonchev–Trinajstić information content (AvgIpc) is 3.80. The van der Waals surface area contributed by atoms with Crippen LogP contribution in [0.5, 0.6) is 0 Å². The third-order valence-electron chi connectivity index (χ3n) is 10.9. The lowest BCUT2D eigenvalue weighted by molar-refractivity contribution is 1.16. The van der Waals surface area contributed by atoms with Gasteiger partial charge in [0.2, 0.25) is 0 Å². The van der Waals surface area contributed by atoms with Gasteiger partial charge in [-0.2, -0.15) is 0 Å². The fourth-order valence-corrected chi connectivity index (χ4v) is 8.41. The Kier molecular flexibility index (Phi) is 7.46. The molecule has 0 unspecified atom stereocenters. The first-order valence-electron chi connectivity index (χ1n) is 19.0. The minimum absolute atomic E-state index is 0.694. The SMILES string of the molecule is c1ccc(-c2cc(-c3ccccc3)nc(-c3ccc(-n4c5ccccc5c5cc(-c6ccccc6)c6c(c7ccccc7n6-c6ccccc6)c54)cc3)n2)cc1. The van der Waals surface area contributed by atoms with Crippen molar-refractivity contribution in [3.8, 4) is 56.4 Å². The van der Waals surface area contributed by atoms with Gasteiger partial charge >= 0.3 is 0 Å². The van der Waals surface area contributed by atoms with Gasteiger partial charge in [-0.3, -0.25) is 0 Å². The molecule has 0 aliphatic carbocycles. The third kappa shape index (κ3) is 5.15. The summed E-state index contributed by atoms with van der Waals surface area (Å²) in [5, 5.41) is 4.88. The quantitative estimate of drug-likeness (QED) is 0.172. The molecule has 0 radical (unpaired) electrons. The Labute approximate surface area is 324 Å². The van der Waals surface area contributed by atoms with Crippen LogP contribution in [0.2, 0.25) is 0 Å². The minimum atomic E-state index is 0.694. The molecule has 3 aromatic heterocycles. The van der Waals surface area contributed by atoms with Crippen LogP contribution in [0.1, 0.15) is 0 Å². The Morgan fingerprint density at radius 1 is 0.321 bits per heavy atom. The standard InChI is InChI=1S/C52H34N4/c1-5-17-35(18-6-1)43-33-44-41-25-13-15-27-47(41)56(51(44)49-42-26-14-16-28-48(42)55(50(43)49)39-23-11-4-12-24-39)40-31-29-38(30-32-40)52-53-45(36-19-7-2-8-20-36)34-46(54-52)37-21-9-3-10-22-37/h1-34H. The Hall–Kier alpha value is -7.56. The number of hydrogen-bond donors (Lipinski definition) is 0. The van der Waals surface area contributed by atoms with E-state index in [2.05, 4.69) is 203 Å². The highest BCUT2D eigenvalue weighted by Crippen LogP contribution is 2.46. The van der Waals surface area contributed by atoms with Crippen LogP contribution in [-0.2, 0) is 0 Å². The number of hydrogen-bond acceptors (Lipinski definition) is 2. The van der Waals surface area contributed by atoms with Crippen LogP contribution in [0.3, 0.4) is 0 Å². The summed E-state index contributed by atoms with van der Waals surface area (Å²) in [5.41, 5.74) is 14.2. The molecule has 0 bridgehead atoms. The van der Waals surface area contributed by atoms with Gasteiger partial charge in [0.15, 0.2) is 5.82 Å². The summed E-state index contributed by atoms with van der Waals surface area (Å²) in [4.78, 5) is 10.2. The van der Waals surface area contributed by atoms with Crippen molar-refractivity contribution >= 4 is 43.6 Å². The van der Waals surface area contributed by atoms with Crippen LogP contribution < -0.4 is 0 Å². The maximum absolute atomic E-state index is 5.12. The van der Waals surface area contributed by atoms with Gasteiger partial charge in [0, 0.05) is 55.2 Å². The molecule has 0 amide bonds. The summed E-state index contributed by atoms with van der Waals surface area (Å²) in [7, 11) is 0. The van der Waals surface area contributed by atoms with Crippen molar-refractivity contribution in [1.82, 2.24) is 19.1 Å². The normalized spacial score (nSPS) is 11.6. The molecule has 56 heavy (non-hydrogen) atoms. The summed E-state index contributed by atoms with van der Waals surface area (Å²) in [6.45, 7) is 0. The molecule has 3 heterocycles. The number of nitrogens with zero attached hydrogens (tertiary/aromatic N) is 4. The van der Waals surface area contributed by atoms with Crippen LogP contribution in [0.4, 0.5) is 0 Å². The molecule has 4 nitrogen and oxygen atoms in total. The molecule has 0 saturated heterocycles. The van der Waals surface area contributed by atoms with E-state index in [9.17, 15) is 0 Å². The molecule has 0 aliphatic heterocycles. The molecule has 0 saturated carbocycles. The number of aromatic nitrogens is 4. The molecule has 0 aliphatic rings. The van der Waals surface area contributed by atoms with Crippen molar-refractivity contribution in [3.63, 3.8) is 0 Å². The molecule has 8 aromatic carbocycles. The molecule has 11 rings (SSSR count). The predicted molar refractivity (Wildman–Crippen MR) is 232 cm³/mol. The zero-order valence-electron chi connectivity index (χ0n) is 30.4. The molecule has 262 valence electrons. The van der Waals surface area contributed by atoms with Crippen LogP contribution in [0, 0.1) is 0 Å². The number of fused-ring (bicyclic) bond motifs is 7. The fraction of sp³-hybridized carbons (Fsp3) is 0. The van der Waals surface area contributed by atoms with E-state index in [4.69, 9.17) is 9.97 Å². The van der Waals surface area contributed by atoms with E-state index >= 15 is 0 Å².